The highest BCUT2D eigenvalue weighted by Crippen LogP contribution is 2.18. The third kappa shape index (κ3) is 6.02. The van der Waals surface area contributed by atoms with Gasteiger partial charge in [-0.05, 0) is 41.8 Å². The van der Waals surface area contributed by atoms with Crippen molar-refractivity contribution in [3.8, 4) is 11.5 Å². The van der Waals surface area contributed by atoms with Gasteiger partial charge in [0.2, 0.25) is 5.91 Å². The molecule has 4 nitrogen and oxygen atoms in total. The van der Waals surface area contributed by atoms with E-state index in [1.165, 1.54) is 31.4 Å². The number of carbonyl (C=O) groups is 1. The Kier molecular flexibility index (Phi) is 6.68. The maximum absolute atomic E-state index is 13.6. The van der Waals surface area contributed by atoms with Gasteiger partial charge in [0.1, 0.15) is 5.75 Å². The van der Waals surface area contributed by atoms with E-state index in [1.54, 1.807) is 18.2 Å². The van der Waals surface area contributed by atoms with E-state index < -0.39 is 12.4 Å². The monoisotopic (exact) mass is 353 g/mol. The van der Waals surface area contributed by atoms with Crippen molar-refractivity contribution in [2.45, 2.75) is 26.0 Å². The second-order valence-corrected chi connectivity index (χ2v) is 5.27. The molecule has 0 aliphatic carbocycles. The molecule has 0 spiro atoms. The summed E-state index contributed by atoms with van der Waals surface area (Å²) >= 11 is 0. The van der Waals surface area contributed by atoms with Crippen LogP contribution in [0.2, 0.25) is 0 Å². The Balaban J connectivity index is 1.77. The summed E-state index contributed by atoms with van der Waals surface area (Å²) in [6, 6.07) is 10.6. The lowest BCUT2D eigenvalue weighted by molar-refractivity contribution is -0.121. The Hall–Kier alpha value is -2.70. The fourth-order valence-corrected chi connectivity index (χ4v) is 2.20. The molecule has 2 aromatic carbocycles. The zero-order chi connectivity index (χ0) is 18.2. The van der Waals surface area contributed by atoms with Gasteiger partial charge < -0.3 is 14.8 Å². The number of hydrogen-bond acceptors (Lipinski definition) is 3. The van der Waals surface area contributed by atoms with Crippen molar-refractivity contribution in [2.75, 3.05) is 7.11 Å². The molecule has 1 amide bonds. The van der Waals surface area contributed by atoms with Gasteiger partial charge in [0, 0.05) is 13.0 Å². The first-order valence-electron chi connectivity index (χ1n) is 7.61. The topological polar surface area (TPSA) is 47.6 Å². The van der Waals surface area contributed by atoms with Crippen LogP contribution in [0.3, 0.4) is 0 Å². The molecule has 134 valence electrons. The van der Waals surface area contributed by atoms with Gasteiger partial charge in [-0.1, -0.05) is 18.2 Å². The largest absolute Gasteiger partial charge is 0.494 e. The van der Waals surface area contributed by atoms with Crippen molar-refractivity contribution in [2.24, 2.45) is 0 Å². The summed E-state index contributed by atoms with van der Waals surface area (Å²) in [4.78, 5) is 11.9. The van der Waals surface area contributed by atoms with Crippen molar-refractivity contribution < 1.29 is 27.4 Å². The highest BCUT2D eigenvalue weighted by atomic mass is 19.3. The number of aryl methyl sites for hydroxylation is 1. The number of nitrogens with one attached hydrogen (secondary N) is 1. The number of carbonyl (C=O) groups excluding carboxylic acids is 1. The second kappa shape index (κ2) is 8.96. The minimum absolute atomic E-state index is 0.0738. The van der Waals surface area contributed by atoms with Gasteiger partial charge in [0.05, 0.1) is 7.11 Å². The highest BCUT2D eigenvalue weighted by molar-refractivity contribution is 5.76. The SMILES string of the molecule is COc1ccc(CNC(=O)CCc2ccc(OC(F)F)cc2)cc1F. The molecule has 1 N–H and O–H groups in total. The summed E-state index contributed by atoms with van der Waals surface area (Å²) in [6.07, 6.45) is 0.686. The zero-order valence-corrected chi connectivity index (χ0v) is 13.6. The van der Waals surface area contributed by atoms with Gasteiger partial charge >= 0.3 is 6.61 Å². The van der Waals surface area contributed by atoms with Crippen LogP contribution in [0.5, 0.6) is 11.5 Å². The predicted octanol–water partition coefficient (Wildman–Crippen LogP) is 3.68. The minimum Gasteiger partial charge on any atom is -0.494 e. The van der Waals surface area contributed by atoms with Gasteiger partial charge in [-0.15, -0.1) is 0 Å². The van der Waals surface area contributed by atoms with Crippen LogP contribution in [0.15, 0.2) is 42.5 Å². The fraction of sp³-hybridized carbons (Fsp3) is 0.278. The van der Waals surface area contributed by atoms with Crippen LogP contribution >= 0.6 is 0 Å². The normalized spacial score (nSPS) is 10.6. The minimum atomic E-state index is -2.86. The number of alkyl halides is 2. The van der Waals surface area contributed by atoms with E-state index in [0.717, 1.165) is 5.56 Å². The first kappa shape index (κ1) is 18.6. The molecule has 0 fully saturated rings. The molecule has 0 radical (unpaired) electrons. The van der Waals surface area contributed by atoms with Crippen molar-refractivity contribution in [1.82, 2.24) is 5.32 Å². The summed E-state index contributed by atoms with van der Waals surface area (Å²) in [5, 5.41) is 2.70. The van der Waals surface area contributed by atoms with Crippen LogP contribution < -0.4 is 14.8 Å². The number of methoxy groups -OCH3 is 1. The molecule has 25 heavy (non-hydrogen) atoms. The molecule has 0 unspecified atom stereocenters. The molecule has 0 aromatic heterocycles. The van der Waals surface area contributed by atoms with Gasteiger partial charge in [0.15, 0.2) is 11.6 Å². The molecule has 2 aromatic rings. The number of ether oxygens (including phenoxy) is 2. The quantitative estimate of drug-likeness (QED) is 0.787. The maximum atomic E-state index is 13.6. The number of hydrogen-bond donors (Lipinski definition) is 1. The zero-order valence-electron chi connectivity index (χ0n) is 13.6. The van der Waals surface area contributed by atoms with Gasteiger partial charge in [-0.3, -0.25) is 4.79 Å². The summed E-state index contributed by atoms with van der Waals surface area (Å²) in [6.45, 7) is -2.65. The average Bonchev–Trinajstić information content (AvgIpc) is 2.59. The summed E-state index contributed by atoms with van der Waals surface area (Å²) in [5.74, 6) is -0.455. The first-order chi connectivity index (χ1) is 12.0. The third-order valence-corrected chi connectivity index (χ3v) is 3.50. The van der Waals surface area contributed by atoms with Crippen LogP contribution in [0, 0.1) is 5.82 Å². The molecule has 0 heterocycles. The lowest BCUT2D eigenvalue weighted by Crippen LogP contribution is -2.23. The van der Waals surface area contributed by atoms with E-state index in [4.69, 9.17) is 4.74 Å². The Labute approximate surface area is 143 Å². The molecular weight excluding hydrogens is 335 g/mol. The van der Waals surface area contributed by atoms with Gasteiger partial charge in [-0.2, -0.15) is 8.78 Å². The molecule has 0 bridgehead atoms. The van der Waals surface area contributed by atoms with Crippen molar-refractivity contribution in [1.29, 1.82) is 0 Å². The Morgan fingerprint density at radius 2 is 1.80 bits per heavy atom. The molecule has 0 aliphatic rings. The lowest BCUT2D eigenvalue weighted by Gasteiger charge is -2.08. The summed E-state index contributed by atoms with van der Waals surface area (Å²) < 4.78 is 46.8. The standard InChI is InChI=1S/C18H18F3NO3/c1-24-16-8-4-13(10-15(16)19)11-22-17(23)9-5-12-2-6-14(7-3-12)25-18(20)21/h2-4,6-8,10,18H,5,9,11H2,1H3,(H,22,23). The smallest absolute Gasteiger partial charge is 0.387 e. The van der Waals surface area contributed by atoms with Gasteiger partial charge in [-0.25, -0.2) is 4.39 Å². The molecule has 0 saturated carbocycles. The van der Waals surface area contributed by atoms with Crippen LogP contribution in [-0.2, 0) is 17.8 Å². The predicted molar refractivity (Wildman–Crippen MR) is 86.2 cm³/mol. The maximum Gasteiger partial charge on any atom is 0.387 e. The summed E-state index contributed by atoms with van der Waals surface area (Å²) in [7, 11) is 1.38. The molecule has 7 heteroatoms. The number of rotatable bonds is 8. The van der Waals surface area contributed by atoms with E-state index in [2.05, 4.69) is 10.1 Å². The van der Waals surface area contributed by atoms with E-state index >= 15 is 0 Å². The van der Waals surface area contributed by atoms with Crippen LogP contribution in [0.4, 0.5) is 13.2 Å². The molecule has 0 atom stereocenters. The molecule has 0 saturated heterocycles. The van der Waals surface area contributed by atoms with Crippen LogP contribution in [-0.4, -0.2) is 19.6 Å². The van der Waals surface area contributed by atoms with Crippen LogP contribution in [0.1, 0.15) is 17.5 Å². The Morgan fingerprint density at radius 1 is 1.12 bits per heavy atom. The van der Waals surface area contributed by atoms with Crippen molar-refractivity contribution in [3.63, 3.8) is 0 Å². The number of benzene rings is 2. The van der Waals surface area contributed by atoms with E-state index in [-0.39, 0.29) is 30.4 Å². The highest BCUT2D eigenvalue weighted by Gasteiger charge is 2.07. The van der Waals surface area contributed by atoms with E-state index in [1.807, 2.05) is 0 Å². The number of halogens is 3. The third-order valence-electron chi connectivity index (χ3n) is 3.50. The molecule has 0 aliphatic heterocycles. The molecule has 2 rings (SSSR count). The van der Waals surface area contributed by atoms with Crippen molar-refractivity contribution in [3.05, 3.63) is 59.4 Å². The first-order valence-corrected chi connectivity index (χ1v) is 7.61. The van der Waals surface area contributed by atoms with Crippen molar-refractivity contribution >= 4 is 5.91 Å². The fourth-order valence-electron chi connectivity index (χ4n) is 2.20. The Bertz CT molecular complexity index is 705. The average molecular weight is 353 g/mol. The Morgan fingerprint density at radius 3 is 2.40 bits per heavy atom. The van der Waals surface area contributed by atoms with Crippen LogP contribution in [0.25, 0.3) is 0 Å². The van der Waals surface area contributed by atoms with E-state index in [0.29, 0.717) is 12.0 Å². The lowest BCUT2D eigenvalue weighted by atomic mass is 10.1. The molecular formula is C18H18F3NO3. The van der Waals surface area contributed by atoms with Gasteiger partial charge in [0.25, 0.3) is 0 Å². The number of amides is 1. The summed E-state index contributed by atoms with van der Waals surface area (Å²) in [5.41, 5.74) is 1.45. The van der Waals surface area contributed by atoms with E-state index in [9.17, 15) is 18.0 Å². The second-order valence-electron chi connectivity index (χ2n) is 5.27.